The van der Waals surface area contributed by atoms with E-state index in [0.717, 1.165) is 16.6 Å². The molecule has 6 heteroatoms. The number of halogens is 1. The summed E-state index contributed by atoms with van der Waals surface area (Å²) in [6, 6.07) is 22.0. The SMILES string of the molecule is Cc1ccccc1-c1nc2c(c(=O)c3ccccc3n2C)c(=O)n1-c1cccc(Cl)c1. The zero-order valence-electron chi connectivity index (χ0n) is 17.0. The van der Waals surface area contributed by atoms with Crippen LogP contribution in [0.1, 0.15) is 5.56 Å². The summed E-state index contributed by atoms with van der Waals surface area (Å²) < 4.78 is 3.28. The molecule has 0 bridgehead atoms. The molecule has 5 aromatic rings. The summed E-state index contributed by atoms with van der Waals surface area (Å²) in [5.41, 5.74) is 2.66. The van der Waals surface area contributed by atoms with Crippen molar-refractivity contribution in [1.29, 1.82) is 0 Å². The summed E-state index contributed by atoms with van der Waals surface area (Å²) in [5, 5.41) is 1.03. The van der Waals surface area contributed by atoms with E-state index in [9.17, 15) is 9.59 Å². The fourth-order valence-electron chi connectivity index (χ4n) is 4.02. The van der Waals surface area contributed by atoms with Gasteiger partial charge in [0.1, 0.15) is 11.2 Å². The molecule has 0 fully saturated rings. The first-order chi connectivity index (χ1) is 15.0. The number of nitrogens with zero attached hydrogens (tertiary/aromatic N) is 3. The maximum atomic E-state index is 13.8. The number of pyridine rings is 1. The maximum absolute atomic E-state index is 13.8. The molecule has 5 rings (SSSR count). The van der Waals surface area contributed by atoms with E-state index < -0.39 is 5.56 Å². The lowest BCUT2D eigenvalue weighted by molar-refractivity contribution is 0.923. The standard InChI is InChI=1S/C25H18ClN3O2/c1-15-8-3-4-11-18(15)23-27-24-21(22(30)19-12-5-6-13-20(19)28(24)2)25(31)29(23)17-10-7-9-16(26)14-17/h3-14H,1-2H3. The highest BCUT2D eigenvalue weighted by Gasteiger charge is 2.20. The van der Waals surface area contributed by atoms with Crippen LogP contribution in [0.3, 0.4) is 0 Å². The van der Waals surface area contributed by atoms with Gasteiger partial charge in [-0.3, -0.25) is 14.2 Å². The van der Waals surface area contributed by atoms with Crippen LogP contribution in [0.2, 0.25) is 5.02 Å². The van der Waals surface area contributed by atoms with Crippen LogP contribution in [0.4, 0.5) is 0 Å². The number of rotatable bonds is 2. The molecule has 0 aliphatic rings. The monoisotopic (exact) mass is 427 g/mol. The largest absolute Gasteiger partial charge is 0.328 e. The summed E-state index contributed by atoms with van der Waals surface area (Å²) in [7, 11) is 1.82. The highest BCUT2D eigenvalue weighted by atomic mass is 35.5. The summed E-state index contributed by atoms with van der Waals surface area (Å²) in [5.74, 6) is 0.461. The molecular weight excluding hydrogens is 410 g/mol. The van der Waals surface area contributed by atoms with Crippen LogP contribution in [0.15, 0.2) is 82.4 Å². The van der Waals surface area contributed by atoms with Crippen LogP contribution in [0.5, 0.6) is 0 Å². The molecule has 0 amide bonds. The number of benzene rings is 3. The third-order valence-electron chi connectivity index (χ3n) is 5.57. The number of fused-ring (bicyclic) bond motifs is 2. The molecule has 0 saturated carbocycles. The van der Waals surface area contributed by atoms with Gasteiger partial charge in [-0.15, -0.1) is 0 Å². The highest BCUT2D eigenvalue weighted by Crippen LogP contribution is 2.26. The molecule has 0 aliphatic carbocycles. The number of hydrogen-bond donors (Lipinski definition) is 0. The Kier molecular flexibility index (Phi) is 4.49. The van der Waals surface area contributed by atoms with Gasteiger partial charge in [-0.1, -0.05) is 54.1 Å². The molecule has 0 spiro atoms. The van der Waals surface area contributed by atoms with E-state index in [4.69, 9.17) is 16.6 Å². The minimum Gasteiger partial charge on any atom is -0.328 e. The molecule has 3 aromatic carbocycles. The van der Waals surface area contributed by atoms with Crippen molar-refractivity contribution < 1.29 is 0 Å². The van der Waals surface area contributed by atoms with E-state index in [2.05, 4.69) is 0 Å². The Hall–Kier alpha value is -3.70. The topological polar surface area (TPSA) is 56.9 Å². The summed E-state index contributed by atoms with van der Waals surface area (Å²) in [6.07, 6.45) is 0. The van der Waals surface area contributed by atoms with Gasteiger partial charge in [0.05, 0.1) is 11.2 Å². The van der Waals surface area contributed by atoms with Crippen molar-refractivity contribution in [2.45, 2.75) is 6.92 Å². The van der Waals surface area contributed by atoms with Crippen LogP contribution in [-0.4, -0.2) is 14.1 Å². The molecule has 0 N–H and O–H groups in total. The van der Waals surface area contributed by atoms with Crippen molar-refractivity contribution in [1.82, 2.24) is 14.1 Å². The van der Waals surface area contributed by atoms with Gasteiger partial charge in [0.25, 0.3) is 5.56 Å². The van der Waals surface area contributed by atoms with Gasteiger partial charge < -0.3 is 4.57 Å². The molecule has 0 radical (unpaired) electrons. The number of para-hydroxylation sites is 1. The lowest BCUT2D eigenvalue weighted by atomic mass is 10.1. The number of hydrogen-bond acceptors (Lipinski definition) is 3. The minimum atomic E-state index is -0.420. The molecule has 0 atom stereocenters. The third-order valence-corrected chi connectivity index (χ3v) is 5.81. The fraction of sp³-hybridized carbons (Fsp3) is 0.0800. The van der Waals surface area contributed by atoms with Crippen molar-refractivity contribution >= 4 is 33.5 Å². The lowest BCUT2D eigenvalue weighted by Crippen LogP contribution is -2.28. The summed E-state index contributed by atoms with van der Waals surface area (Å²) in [6.45, 7) is 1.97. The first-order valence-electron chi connectivity index (χ1n) is 9.84. The Morgan fingerprint density at radius 3 is 2.42 bits per heavy atom. The van der Waals surface area contributed by atoms with Crippen molar-refractivity contribution in [3.05, 3.63) is 104 Å². The van der Waals surface area contributed by atoms with Crippen molar-refractivity contribution in [2.75, 3.05) is 0 Å². The van der Waals surface area contributed by atoms with Crippen LogP contribution in [0.25, 0.3) is 39.0 Å². The van der Waals surface area contributed by atoms with Crippen molar-refractivity contribution in [3.63, 3.8) is 0 Å². The minimum absolute atomic E-state index is 0.0542. The van der Waals surface area contributed by atoms with Gasteiger partial charge in [0.2, 0.25) is 5.43 Å². The first kappa shape index (κ1) is 19.3. The van der Waals surface area contributed by atoms with Gasteiger partial charge in [0, 0.05) is 23.0 Å². The van der Waals surface area contributed by atoms with Crippen LogP contribution in [0, 0.1) is 6.92 Å². The second-order valence-corrected chi connectivity index (χ2v) is 7.91. The quantitative estimate of drug-likeness (QED) is 0.378. The second-order valence-electron chi connectivity index (χ2n) is 7.47. The van der Waals surface area contributed by atoms with E-state index in [0.29, 0.717) is 27.6 Å². The number of aryl methyl sites for hydroxylation is 2. The molecule has 31 heavy (non-hydrogen) atoms. The third kappa shape index (κ3) is 2.97. The van der Waals surface area contributed by atoms with Crippen LogP contribution >= 0.6 is 11.6 Å². The zero-order chi connectivity index (χ0) is 21.7. The fourth-order valence-corrected chi connectivity index (χ4v) is 4.20. The molecule has 0 aliphatic heterocycles. The van der Waals surface area contributed by atoms with E-state index in [1.54, 1.807) is 41.0 Å². The average Bonchev–Trinajstić information content (AvgIpc) is 2.77. The van der Waals surface area contributed by atoms with Gasteiger partial charge in [-0.2, -0.15) is 0 Å². The number of aromatic nitrogens is 3. The van der Waals surface area contributed by atoms with Gasteiger partial charge in [0.15, 0.2) is 5.65 Å². The smallest absolute Gasteiger partial charge is 0.271 e. The van der Waals surface area contributed by atoms with Crippen LogP contribution < -0.4 is 11.0 Å². The molecule has 2 heterocycles. The predicted molar refractivity (Wildman–Crippen MR) is 125 cm³/mol. The van der Waals surface area contributed by atoms with Gasteiger partial charge >= 0.3 is 0 Å². The predicted octanol–water partition coefficient (Wildman–Crippen LogP) is 4.87. The van der Waals surface area contributed by atoms with E-state index in [1.165, 1.54) is 4.57 Å². The molecule has 2 aromatic heterocycles. The molecular formula is C25H18ClN3O2. The normalized spacial score (nSPS) is 11.3. The van der Waals surface area contributed by atoms with Crippen LogP contribution in [-0.2, 0) is 7.05 Å². The Labute approximate surface area is 182 Å². The Balaban J connectivity index is 2.04. The Bertz CT molecular complexity index is 1620. The van der Waals surface area contributed by atoms with E-state index >= 15 is 0 Å². The van der Waals surface area contributed by atoms with E-state index in [-0.39, 0.29) is 10.8 Å². The average molecular weight is 428 g/mol. The van der Waals surface area contributed by atoms with Gasteiger partial charge in [-0.05, 0) is 42.8 Å². The van der Waals surface area contributed by atoms with Crippen molar-refractivity contribution in [2.24, 2.45) is 7.05 Å². The second kappa shape index (κ2) is 7.22. The first-order valence-corrected chi connectivity index (χ1v) is 10.2. The highest BCUT2D eigenvalue weighted by molar-refractivity contribution is 6.30. The van der Waals surface area contributed by atoms with E-state index in [1.807, 2.05) is 50.4 Å². The molecule has 5 nitrogen and oxygen atoms in total. The summed E-state index contributed by atoms with van der Waals surface area (Å²) >= 11 is 6.23. The molecule has 0 unspecified atom stereocenters. The Morgan fingerprint density at radius 1 is 0.903 bits per heavy atom. The lowest BCUT2D eigenvalue weighted by Gasteiger charge is -2.17. The zero-order valence-corrected chi connectivity index (χ0v) is 17.7. The Morgan fingerprint density at radius 2 is 1.65 bits per heavy atom. The van der Waals surface area contributed by atoms with Gasteiger partial charge in [-0.25, -0.2) is 4.98 Å². The molecule has 0 saturated heterocycles. The maximum Gasteiger partial charge on any atom is 0.271 e. The van der Waals surface area contributed by atoms with Crippen molar-refractivity contribution in [3.8, 4) is 17.1 Å². The molecule has 152 valence electrons. The summed E-state index contributed by atoms with van der Waals surface area (Å²) in [4.78, 5) is 32.0.